The van der Waals surface area contributed by atoms with Crippen molar-refractivity contribution in [2.45, 2.75) is 38.6 Å². The van der Waals surface area contributed by atoms with Gasteiger partial charge in [-0.1, -0.05) is 0 Å². The minimum Gasteiger partial charge on any atom is -0.476 e. The predicted molar refractivity (Wildman–Crippen MR) is 66.7 cm³/mol. The zero-order valence-electron chi connectivity index (χ0n) is 9.77. The molecule has 2 aliphatic rings. The third kappa shape index (κ3) is 2.29. The van der Waals surface area contributed by atoms with Crippen LogP contribution in [0.3, 0.4) is 0 Å². The first-order valence-corrected chi connectivity index (χ1v) is 6.94. The van der Waals surface area contributed by atoms with Gasteiger partial charge in [-0.15, -0.1) is 11.3 Å². The van der Waals surface area contributed by atoms with Gasteiger partial charge in [0.15, 0.2) is 10.8 Å². The molecule has 1 aromatic rings. The highest BCUT2D eigenvalue weighted by atomic mass is 32.1. The summed E-state index contributed by atoms with van der Waals surface area (Å²) < 4.78 is 0. The molecule has 0 radical (unpaired) electrons. The van der Waals surface area contributed by atoms with Crippen LogP contribution in [0.4, 0.5) is 5.13 Å². The highest BCUT2D eigenvalue weighted by molar-refractivity contribution is 7.15. The van der Waals surface area contributed by atoms with Crippen molar-refractivity contribution in [2.75, 3.05) is 5.32 Å². The van der Waals surface area contributed by atoms with E-state index in [1.165, 1.54) is 37.0 Å². The first kappa shape index (κ1) is 11.0. The molecule has 0 amide bonds. The topological polar surface area (TPSA) is 62.2 Å². The summed E-state index contributed by atoms with van der Waals surface area (Å²) >= 11 is 1.46. The summed E-state index contributed by atoms with van der Waals surface area (Å²) in [6, 6.07) is 0.530. The average molecular weight is 252 g/mol. The molecule has 92 valence electrons. The number of hydrogen-bond acceptors (Lipinski definition) is 4. The Balaban J connectivity index is 1.74. The molecule has 0 aliphatic heterocycles. The number of aromatic nitrogens is 1. The SMILES string of the molecule is Cc1sc(NC(C2CC2)C2CC2)nc1C(=O)O. The molecule has 0 aromatic carbocycles. The highest BCUT2D eigenvalue weighted by Gasteiger charge is 2.41. The van der Waals surface area contributed by atoms with E-state index in [4.69, 9.17) is 5.11 Å². The number of aromatic carboxylic acids is 1. The van der Waals surface area contributed by atoms with E-state index in [1.54, 1.807) is 0 Å². The van der Waals surface area contributed by atoms with E-state index in [0.29, 0.717) is 6.04 Å². The van der Waals surface area contributed by atoms with Crippen LogP contribution >= 0.6 is 11.3 Å². The second kappa shape index (κ2) is 3.98. The van der Waals surface area contributed by atoms with Crippen molar-refractivity contribution in [1.29, 1.82) is 0 Å². The Kier molecular flexibility index (Phi) is 2.58. The van der Waals surface area contributed by atoms with Crippen LogP contribution in [0.2, 0.25) is 0 Å². The molecule has 2 fully saturated rings. The van der Waals surface area contributed by atoms with E-state index in [1.807, 2.05) is 6.92 Å². The molecule has 1 aromatic heterocycles. The molecule has 5 heteroatoms. The number of carboxylic acid groups (broad SMARTS) is 1. The summed E-state index contributed by atoms with van der Waals surface area (Å²) in [6.07, 6.45) is 5.24. The standard InChI is InChI=1S/C12H16N2O2S/c1-6-9(11(15)16)13-12(17-6)14-10(7-2-3-7)8-4-5-8/h7-8,10H,2-5H2,1H3,(H,13,14)(H,15,16). The number of hydrogen-bond donors (Lipinski definition) is 2. The van der Waals surface area contributed by atoms with Gasteiger partial charge in [-0.25, -0.2) is 9.78 Å². The molecule has 4 nitrogen and oxygen atoms in total. The fourth-order valence-corrected chi connectivity index (χ4v) is 3.18. The summed E-state index contributed by atoms with van der Waals surface area (Å²) in [5.74, 6) is 0.654. The Morgan fingerprint density at radius 2 is 2.00 bits per heavy atom. The molecule has 2 saturated carbocycles. The number of thiazole rings is 1. The van der Waals surface area contributed by atoms with E-state index < -0.39 is 5.97 Å². The van der Waals surface area contributed by atoms with Crippen molar-refractivity contribution >= 4 is 22.4 Å². The first-order valence-electron chi connectivity index (χ1n) is 6.12. The monoisotopic (exact) mass is 252 g/mol. The van der Waals surface area contributed by atoms with Crippen LogP contribution in [0.15, 0.2) is 0 Å². The summed E-state index contributed by atoms with van der Waals surface area (Å²) in [6.45, 7) is 1.82. The smallest absolute Gasteiger partial charge is 0.355 e. The van der Waals surface area contributed by atoms with Crippen LogP contribution in [-0.4, -0.2) is 22.1 Å². The van der Waals surface area contributed by atoms with Crippen molar-refractivity contribution in [3.63, 3.8) is 0 Å². The number of aryl methyl sites for hydroxylation is 1. The lowest BCUT2D eigenvalue weighted by Crippen LogP contribution is -2.24. The van der Waals surface area contributed by atoms with Gasteiger partial charge in [-0.3, -0.25) is 0 Å². The summed E-state index contributed by atoms with van der Waals surface area (Å²) in [7, 11) is 0. The number of nitrogens with one attached hydrogen (secondary N) is 1. The number of anilines is 1. The maximum Gasteiger partial charge on any atom is 0.355 e. The molecule has 0 atom stereocenters. The van der Waals surface area contributed by atoms with E-state index >= 15 is 0 Å². The number of rotatable bonds is 5. The third-order valence-electron chi connectivity index (χ3n) is 3.55. The van der Waals surface area contributed by atoms with Crippen LogP contribution in [0.1, 0.15) is 41.0 Å². The van der Waals surface area contributed by atoms with E-state index in [-0.39, 0.29) is 5.69 Å². The fraction of sp³-hybridized carbons (Fsp3) is 0.667. The van der Waals surface area contributed by atoms with Crippen LogP contribution < -0.4 is 5.32 Å². The maximum absolute atomic E-state index is 10.9. The van der Waals surface area contributed by atoms with Crippen molar-refractivity contribution in [3.05, 3.63) is 10.6 Å². The molecule has 2 aliphatic carbocycles. The second-order valence-corrected chi connectivity index (χ2v) is 6.28. The molecular weight excluding hydrogens is 236 g/mol. The maximum atomic E-state index is 10.9. The summed E-state index contributed by atoms with van der Waals surface area (Å²) in [4.78, 5) is 15.9. The van der Waals surface area contributed by atoms with Gasteiger partial charge in [0.05, 0.1) is 0 Å². The van der Waals surface area contributed by atoms with Crippen molar-refractivity contribution < 1.29 is 9.90 Å². The minimum absolute atomic E-state index is 0.197. The highest BCUT2D eigenvalue weighted by Crippen LogP contribution is 2.46. The largest absolute Gasteiger partial charge is 0.476 e. The van der Waals surface area contributed by atoms with Gasteiger partial charge >= 0.3 is 5.97 Å². The zero-order chi connectivity index (χ0) is 12.0. The summed E-state index contributed by atoms with van der Waals surface area (Å²) in [5, 5.41) is 13.2. The Morgan fingerprint density at radius 1 is 1.41 bits per heavy atom. The Morgan fingerprint density at radius 3 is 2.41 bits per heavy atom. The normalized spacial score (nSPS) is 19.6. The lowest BCUT2D eigenvalue weighted by Gasteiger charge is -2.16. The summed E-state index contributed by atoms with van der Waals surface area (Å²) in [5.41, 5.74) is 0.197. The molecule has 1 heterocycles. The molecule has 0 spiro atoms. The number of carboxylic acids is 1. The quantitative estimate of drug-likeness (QED) is 0.846. The van der Waals surface area contributed by atoms with Crippen LogP contribution in [-0.2, 0) is 0 Å². The average Bonchev–Trinajstić information content (AvgIpc) is 3.14. The van der Waals surface area contributed by atoms with Gasteiger partial charge in [0.2, 0.25) is 0 Å². The van der Waals surface area contributed by atoms with Crippen LogP contribution in [0.5, 0.6) is 0 Å². The van der Waals surface area contributed by atoms with Gasteiger partial charge in [-0.2, -0.15) is 0 Å². The van der Waals surface area contributed by atoms with Crippen LogP contribution in [0, 0.1) is 18.8 Å². The van der Waals surface area contributed by atoms with Crippen LogP contribution in [0.25, 0.3) is 0 Å². The predicted octanol–water partition coefficient (Wildman–Crippen LogP) is 2.75. The number of nitrogens with zero attached hydrogens (tertiary/aromatic N) is 1. The fourth-order valence-electron chi connectivity index (χ4n) is 2.33. The Bertz CT molecular complexity index is 437. The minimum atomic E-state index is -0.929. The third-order valence-corrected chi connectivity index (χ3v) is 4.45. The molecule has 0 unspecified atom stereocenters. The number of carbonyl (C=O) groups is 1. The lowest BCUT2D eigenvalue weighted by atomic mass is 10.1. The Hall–Kier alpha value is -1.10. The van der Waals surface area contributed by atoms with Gasteiger partial charge in [-0.05, 0) is 44.4 Å². The van der Waals surface area contributed by atoms with Gasteiger partial charge in [0.25, 0.3) is 0 Å². The second-order valence-electron chi connectivity index (χ2n) is 5.07. The lowest BCUT2D eigenvalue weighted by molar-refractivity contribution is 0.0690. The molecule has 2 N–H and O–H groups in total. The van der Waals surface area contributed by atoms with E-state index in [0.717, 1.165) is 21.8 Å². The van der Waals surface area contributed by atoms with Gasteiger partial charge in [0.1, 0.15) is 0 Å². The first-order chi connectivity index (χ1) is 8.15. The van der Waals surface area contributed by atoms with Crippen molar-refractivity contribution in [2.24, 2.45) is 11.8 Å². The molecule has 0 saturated heterocycles. The van der Waals surface area contributed by atoms with E-state index in [2.05, 4.69) is 10.3 Å². The molecular formula is C12H16N2O2S. The van der Waals surface area contributed by atoms with Gasteiger partial charge < -0.3 is 10.4 Å². The Labute approximate surface area is 104 Å². The molecule has 0 bridgehead atoms. The van der Waals surface area contributed by atoms with Crippen molar-refractivity contribution in [1.82, 2.24) is 4.98 Å². The molecule has 17 heavy (non-hydrogen) atoms. The van der Waals surface area contributed by atoms with E-state index in [9.17, 15) is 4.79 Å². The zero-order valence-corrected chi connectivity index (χ0v) is 10.6. The molecule has 3 rings (SSSR count). The van der Waals surface area contributed by atoms with Crippen molar-refractivity contribution in [3.8, 4) is 0 Å². The van der Waals surface area contributed by atoms with Gasteiger partial charge in [0, 0.05) is 10.9 Å².